The molecule has 0 aromatic heterocycles. The number of hydrogen-bond acceptors (Lipinski definition) is 4. The number of carbonyl (C=O) groups is 1. The van der Waals surface area contributed by atoms with Gasteiger partial charge in [0, 0.05) is 11.5 Å². The lowest BCUT2D eigenvalue weighted by atomic mass is 9.71. The molecular formula is C15H28N4O2. The summed E-state index contributed by atoms with van der Waals surface area (Å²) < 4.78 is 5.31. The van der Waals surface area contributed by atoms with Crippen molar-refractivity contribution in [2.24, 2.45) is 17.0 Å². The summed E-state index contributed by atoms with van der Waals surface area (Å²) in [6, 6.07) is 0. The molecule has 1 aliphatic carbocycles. The smallest absolute Gasteiger partial charge is 0.326 e. The lowest BCUT2D eigenvalue weighted by Crippen LogP contribution is -2.56. The zero-order valence-electron chi connectivity index (χ0n) is 13.5. The minimum absolute atomic E-state index is 0.126. The molecule has 2 unspecified atom stereocenters. The maximum absolute atomic E-state index is 12.4. The van der Waals surface area contributed by atoms with E-state index in [0.717, 1.165) is 25.7 Å². The second-order valence-corrected chi connectivity index (χ2v) is 6.14. The van der Waals surface area contributed by atoms with E-state index in [-0.39, 0.29) is 5.97 Å². The normalized spacial score (nSPS) is 25.4. The van der Waals surface area contributed by atoms with Crippen LogP contribution in [0.5, 0.6) is 0 Å². The van der Waals surface area contributed by atoms with Crippen LogP contribution in [0, 0.1) is 11.8 Å². The summed E-state index contributed by atoms with van der Waals surface area (Å²) in [6.07, 6.45) is 4.63. The summed E-state index contributed by atoms with van der Waals surface area (Å²) in [4.78, 5) is 15.2. The SMILES string of the molecule is CCOC(=O)C1(NCCCN=[N+]=[N-])CCCC(C(C)C)C1. The van der Waals surface area contributed by atoms with Crippen LogP contribution in [0.3, 0.4) is 0 Å². The van der Waals surface area contributed by atoms with Crippen molar-refractivity contribution < 1.29 is 9.53 Å². The average Bonchev–Trinajstić information content (AvgIpc) is 2.47. The monoisotopic (exact) mass is 296 g/mol. The Hall–Kier alpha value is -1.26. The molecule has 0 aliphatic heterocycles. The summed E-state index contributed by atoms with van der Waals surface area (Å²) in [5, 5.41) is 6.93. The Bertz CT molecular complexity index is 380. The molecular weight excluding hydrogens is 268 g/mol. The lowest BCUT2D eigenvalue weighted by molar-refractivity contribution is -0.154. The molecule has 120 valence electrons. The number of ether oxygens (including phenoxy) is 1. The molecule has 1 rings (SSSR count). The molecule has 0 radical (unpaired) electrons. The van der Waals surface area contributed by atoms with Crippen molar-refractivity contribution in [1.82, 2.24) is 5.32 Å². The number of hydrogen-bond donors (Lipinski definition) is 1. The fourth-order valence-electron chi connectivity index (χ4n) is 3.10. The van der Waals surface area contributed by atoms with Gasteiger partial charge in [0.15, 0.2) is 0 Å². The van der Waals surface area contributed by atoms with Gasteiger partial charge >= 0.3 is 5.97 Å². The van der Waals surface area contributed by atoms with Crippen molar-refractivity contribution in [3.63, 3.8) is 0 Å². The van der Waals surface area contributed by atoms with Crippen LogP contribution in [0.2, 0.25) is 0 Å². The highest BCUT2D eigenvalue weighted by molar-refractivity contribution is 5.81. The Morgan fingerprint density at radius 2 is 2.33 bits per heavy atom. The van der Waals surface area contributed by atoms with Gasteiger partial charge in [0.2, 0.25) is 0 Å². The average molecular weight is 296 g/mol. The standard InChI is InChI=1S/C15H28N4O2/c1-4-21-14(20)15(17-9-6-10-18-19-16)8-5-7-13(11-15)12(2)3/h12-13,17H,4-11H2,1-3H3. The molecule has 0 spiro atoms. The Balaban J connectivity index is 2.70. The van der Waals surface area contributed by atoms with Crippen LogP contribution in [0.25, 0.3) is 10.4 Å². The Kier molecular flexibility index (Phi) is 7.54. The van der Waals surface area contributed by atoms with Gasteiger partial charge in [-0.2, -0.15) is 0 Å². The molecule has 0 bridgehead atoms. The third-order valence-corrected chi connectivity index (χ3v) is 4.36. The number of nitrogens with zero attached hydrogens (tertiary/aromatic N) is 3. The molecule has 0 aromatic rings. The summed E-state index contributed by atoms with van der Waals surface area (Å²) in [6.45, 7) is 7.81. The third kappa shape index (κ3) is 5.21. The minimum Gasteiger partial charge on any atom is -0.465 e. The van der Waals surface area contributed by atoms with Crippen molar-refractivity contribution in [3.05, 3.63) is 10.4 Å². The van der Waals surface area contributed by atoms with Crippen LogP contribution in [0.4, 0.5) is 0 Å². The summed E-state index contributed by atoms with van der Waals surface area (Å²) in [5.41, 5.74) is 7.73. The molecule has 2 atom stereocenters. The van der Waals surface area contributed by atoms with Gasteiger partial charge in [0.05, 0.1) is 6.61 Å². The van der Waals surface area contributed by atoms with Gasteiger partial charge < -0.3 is 10.1 Å². The minimum atomic E-state index is -0.556. The van der Waals surface area contributed by atoms with E-state index in [4.69, 9.17) is 10.3 Å². The van der Waals surface area contributed by atoms with Crippen LogP contribution in [-0.4, -0.2) is 31.2 Å². The first kappa shape index (κ1) is 17.8. The molecule has 1 aliphatic rings. The summed E-state index contributed by atoms with van der Waals surface area (Å²) in [5.74, 6) is 0.996. The molecule has 1 fully saturated rings. The van der Waals surface area contributed by atoms with Crippen LogP contribution in [0.1, 0.15) is 52.9 Å². The maximum Gasteiger partial charge on any atom is 0.326 e. The first-order valence-electron chi connectivity index (χ1n) is 7.99. The summed E-state index contributed by atoms with van der Waals surface area (Å²) >= 11 is 0. The van der Waals surface area contributed by atoms with Crippen LogP contribution in [-0.2, 0) is 9.53 Å². The predicted molar refractivity (Wildman–Crippen MR) is 82.8 cm³/mol. The zero-order valence-corrected chi connectivity index (χ0v) is 13.5. The predicted octanol–water partition coefficient (Wildman–Crippen LogP) is 3.42. The van der Waals surface area contributed by atoms with E-state index < -0.39 is 5.54 Å². The van der Waals surface area contributed by atoms with E-state index in [1.165, 1.54) is 6.42 Å². The van der Waals surface area contributed by atoms with E-state index in [9.17, 15) is 4.79 Å². The molecule has 0 aromatic carbocycles. The van der Waals surface area contributed by atoms with E-state index >= 15 is 0 Å². The van der Waals surface area contributed by atoms with Gasteiger partial charge in [0.1, 0.15) is 5.54 Å². The Morgan fingerprint density at radius 3 is 2.95 bits per heavy atom. The zero-order chi connectivity index (χ0) is 15.7. The van der Waals surface area contributed by atoms with Crippen LogP contribution in [0.15, 0.2) is 5.11 Å². The molecule has 0 amide bonds. The number of esters is 1. The van der Waals surface area contributed by atoms with Crippen molar-refractivity contribution >= 4 is 5.97 Å². The van der Waals surface area contributed by atoms with E-state index in [1.807, 2.05) is 6.92 Å². The second-order valence-electron chi connectivity index (χ2n) is 6.14. The number of azide groups is 1. The van der Waals surface area contributed by atoms with Crippen LogP contribution >= 0.6 is 0 Å². The van der Waals surface area contributed by atoms with Crippen LogP contribution < -0.4 is 5.32 Å². The van der Waals surface area contributed by atoms with Crippen molar-refractivity contribution in [1.29, 1.82) is 0 Å². The summed E-state index contributed by atoms with van der Waals surface area (Å²) in [7, 11) is 0. The van der Waals surface area contributed by atoms with Gasteiger partial charge in [-0.15, -0.1) is 0 Å². The molecule has 1 saturated carbocycles. The highest BCUT2D eigenvalue weighted by Crippen LogP contribution is 2.37. The van der Waals surface area contributed by atoms with Crippen molar-refractivity contribution in [2.45, 2.75) is 58.4 Å². The Morgan fingerprint density at radius 1 is 1.57 bits per heavy atom. The lowest BCUT2D eigenvalue weighted by Gasteiger charge is -2.41. The first-order chi connectivity index (χ1) is 10.1. The quantitative estimate of drug-likeness (QED) is 0.245. The number of nitrogens with one attached hydrogen (secondary N) is 1. The molecule has 6 nitrogen and oxygen atoms in total. The fraction of sp³-hybridized carbons (Fsp3) is 0.933. The highest BCUT2D eigenvalue weighted by atomic mass is 16.5. The fourth-order valence-corrected chi connectivity index (χ4v) is 3.10. The molecule has 0 heterocycles. The molecule has 6 heteroatoms. The largest absolute Gasteiger partial charge is 0.465 e. The first-order valence-corrected chi connectivity index (χ1v) is 7.99. The number of rotatable bonds is 8. The van der Waals surface area contributed by atoms with Gasteiger partial charge in [-0.3, -0.25) is 4.79 Å². The highest BCUT2D eigenvalue weighted by Gasteiger charge is 2.44. The van der Waals surface area contributed by atoms with Crippen molar-refractivity contribution in [3.8, 4) is 0 Å². The number of carbonyl (C=O) groups excluding carboxylic acids is 1. The van der Waals surface area contributed by atoms with E-state index in [0.29, 0.717) is 31.5 Å². The second kappa shape index (κ2) is 8.90. The topological polar surface area (TPSA) is 87.1 Å². The van der Waals surface area contributed by atoms with Gasteiger partial charge in [-0.1, -0.05) is 31.8 Å². The van der Waals surface area contributed by atoms with Gasteiger partial charge in [-0.25, -0.2) is 0 Å². The molecule has 0 saturated heterocycles. The van der Waals surface area contributed by atoms with Gasteiger partial charge in [-0.05, 0) is 50.1 Å². The third-order valence-electron chi connectivity index (χ3n) is 4.36. The molecule has 1 N–H and O–H groups in total. The molecule has 21 heavy (non-hydrogen) atoms. The van der Waals surface area contributed by atoms with E-state index in [2.05, 4.69) is 29.2 Å². The Labute approximate surface area is 127 Å². The van der Waals surface area contributed by atoms with E-state index in [1.54, 1.807) is 0 Å². The van der Waals surface area contributed by atoms with Gasteiger partial charge in [0.25, 0.3) is 0 Å². The maximum atomic E-state index is 12.4. The van der Waals surface area contributed by atoms with Crippen molar-refractivity contribution in [2.75, 3.05) is 19.7 Å².